The molecule has 1 aliphatic heterocycles. The predicted octanol–water partition coefficient (Wildman–Crippen LogP) is 2.48. The Morgan fingerprint density at radius 3 is 2.83 bits per heavy atom. The second-order valence-corrected chi connectivity index (χ2v) is 5.31. The average molecular weight is 246 g/mol. The maximum atomic E-state index is 12.6. The van der Waals surface area contributed by atoms with E-state index in [1.165, 1.54) is 5.56 Å². The summed E-state index contributed by atoms with van der Waals surface area (Å²) in [5, 5.41) is 0. The van der Waals surface area contributed by atoms with Gasteiger partial charge in [-0.05, 0) is 44.2 Å². The Labute approximate surface area is 109 Å². The van der Waals surface area contributed by atoms with Gasteiger partial charge >= 0.3 is 0 Å². The Morgan fingerprint density at radius 2 is 2.11 bits per heavy atom. The quantitative estimate of drug-likeness (QED) is 0.871. The zero-order chi connectivity index (χ0) is 13.2. The van der Waals surface area contributed by atoms with Crippen molar-refractivity contribution in [1.29, 1.82) is 0 Å². The van der Waals surface area contributed by atoms with Crippen molar-refractivity contribution in [3.05, 3.63) is 29.8 Å². The highest BCUT2D eigenvalue weighted by Crippen LogP contribution is 2.28. The van der Waals surface area contributed by atoms with Gasteiger partial charge in [-0.25, -0.2) is 0 Å². The molecule has 18 heavy (non-hydrogen) atoms. The number of benzene rings is 1. The third-order valence-corrected chi connectivity index (χ3v) is 3.83. The van der Waals surface area contributed by atoms with Crippen molar-refractivity contribution < 1.29 is 4.79 Å². The molecule has 0 bridgehead atoms. The standard InChI is InChI=1S/C15H22N2O/c1-3-15(2,16)14(18)17-11-7-6-9-12-8-4-5-10-13(12)17/h4-5,8,10H,3,6-7,9,11,16H2,1-2H3. The normalized spacial score (nSPS) is 18.7. The number of rotatable bonds is 2. The van der Waals surface area contributed by atoms with Crippen LogP contribution < -0.4 is 10.6 Å². The van der Waals surface area contributed by atoms with Crippen molar-refractivity contribution in [3.63, 3.8) is 0 Å². The minimum Gasteiger partial charge on any atom is -0.318 e. The Bertz CT molecular complexity index is 440. The van der Waals surface area contributed by atoms with Gasteiger partial charge in [-0.1, -0.05) is 25.1 Å². The molecule has 2 N–H and O–H groups in total. The van der Waals surface area contributed by atoms with Crippen LogP contribution in [0.1, 0.15) is 38.7 Å². The van der Waals surface area contributed by atoms with E-state index in [1.54, 1.807) is 0 Å². The first kappa shape index (κ1) is 13.1. The second-order valence-electron chi connectivity index (χ2n) is 5.31. The monoisotopic (exact) mass is 246 g/mol. The van der Waals surface area contributed by atoms with Gasteiger partial charge in [0.05, 0.1) is 5.54 Å². The fourth-order valence-corrected chi connectivity index (χ4v) is 2.36. The summed E-state index contributed by atoms with van der Waals surface area (Å²) in [6.07, 6.45) is 3.88. The van der Waals surface area contributed by atoms with Crippen LogP contribution >= 0.6 is 0 Å². The van der Waals surface area contributed by atoms with Crippen molar-refractivity contribution >= 4 is 11.6 Å². The first-order valence-electron chi connectivity index (χ1n) is 6.75. The van der Waals surface area contributed by atoms with Crippen LogP contribution in [-0.2, 0) is 11.2 Å². The number of amides is 1. The van der Waals surface area contributed by atoms with Crippen LogP contribution in [0.3, 0.4) is 0 Å². The van der Waals surface area contributed by atoms with Crippen LogP contribution in [0.15, 0.2) is 24.3 Å². The second kappa shape index (κ2) is 5.11. The van der Waals surface area contributed by atoms with E-state index in [-0.39, 0.29) is 5.91 Å². The SMILES string of the molecule is CCC(C)(N)C(=O)N1CCCCc2ccccc21. The van der Waals surface area contributed by atoms with E-state index >= 15 is 0 Å². The molecule has 0 radical (unpaired) electrons. The van der Waals surface area contributed by atoms with Gasteiger partial charge < -0.3 is 10.6 Å². The number of hydrogen-bond donors (Lipinski definition) is 1. The van der Waals surface area contributed by atoms with Gasteiger partial charge in [0.15, 0.2) is 0 Å². The Morgan fingerprint density at radius 1 is 1.39 bits per heavy atom. The molecule has 2 rings (SSSR count). The molecule has 0 aromatic heterocycles. The lowest BCUT2D eigenvalue weighted by molar-refractivity contribution is -0.123. The number of fused-ring (bicyclic) bond motifs is 1. The molecule has 0 aliphatic carbocycles. The fourth-order valence-electron chi connectivity index (χ4n) is 2.36. The molecule has 0 saturated heterocycles. The molecule has 98 valence electrons. The number of aryl methyl sites for hydroxylation is 1. The first-order valence-corrected chi connectivity index (χ1v) is 6.75. The number of nitrogens with zero attached hydrogens (tertiary/aromatic N) is 1. The third-order valence-electron chi connectivity index (χ3n) is 3.83. The van der Waals surface area contributed by atoms with Crippen LogP contribution in [0.4, 0.5) is 5.69 Å². The smallest absolute Gasteiger partial charge is 0.246 e. The van der Waals surface area contributed by atoms with Crippen molar-refractivity contribution in [3.8, 4) is 0 Å². The summed E-state index contributed by atoms with van der Waals surface area (Å²) in [6.45, 7) is 4.56. The summed E-state index contributed by atoms with van der Waals surface area (Å²) < 4.78 is 0. The molecule has 3 nitrogen and oxygen atoms in total. The number of hydrogen-bond acceptors (Lipinski definition) is 2. The van der Waals surface area contributed by atoms with E-state index < -0.39 is 5.54 Å². The van der Waals surface area contributed by atoms with Gasteiger partial charge in [0, 0.05) is 12.2 Å². The maximum absolute atomic E-state index is 12.6. The molecular weight excluding hydrogens is 224 g/mol. The fraction of sp³-hybridized carbons (Fsp3) is 0.533. The Kier molecular flexibility index (Phi) is 3.71. The zero-order valence-electron chi connectivity index (χ0n) is 11.3. The van der Waals surface area contributed by atoms with Crippen LogP contribution in [0.2, 0.25) is 0 Å². The molecule has 1 amide bonds. The van der Waals surface area contributed by atoms with E-state index in [9.17, 15) is 4.79 Å². The Hall–Kier alpha value is -1.35. The maximum Gasteiger partial charge on any atom is 0.246 e. The molecule has 1 atom stereocenters. The van der Waals surface area contributed by atoms with Crippen LogP contribution in [0, 0.1) is 0 Å². The van der Waals surface area contributed by atoms with Crippen LogP contribution in [0.5, 0.6) is 0 Å². The van der Waals surface area contributed by atoms with E-state index in [1.807, 2.05) is 36.9 Å². The number of nitrogens with two attached hydrogens (primary N) is 1. The summed E-state index contributed by atoms with van der Waals surface area (Å²) in [7, 11) is 0. The molecule has 1 aliphatic rings. The van der Waals surface area contributed by atoms with Gasteiger partial charge in [0.2, 0.25) is 5.91 Å². The number of carbonyl (C=O) groups is 1. The van der Waals surface area contributed by atoms with Crippen molar-refractivity contribution in [2.45, 2.75) is 45.1 Å². The van der Waals surface area contributed by atoms with Gasteiger partial charge in [-0.15, -0.1) is 0 Å². The molecule has 1 aromatic rings. The van der Waals surface area contributed by atoms with E-state index in [0.29, 0.717) is 6.42 Å². The lowest BCUT2D eigenvalue weighted by Crippen LogP contribution is -2.53. The molecule has 0 saturated carbocycles. The Balaban J connectivity index is 2.36. The number of anilines is 1. The molecule has 0 fully saturated rings. The lowest BCUT2D eigenvalue weighted by atomic mass is 9.97. The molecule has 1 unspecified atom stereocenters. The summed E-state index contributed by atoms with van der Waals surface area (Å²) in [5.74, 6) is 0.0411. The lowest BCUT2D eigenvalue weighted by Gasteiger charge is -2.31. The van der Waals surface area contributed by atoms with Crippen LogP contribution in [-0.4, -0.2) is 18.0 Å². The summed E-state index contributed by atoms with van der Waals surface area (Å²) in [5.41, 5.74) is 7.65. The highest BCUT2D eigenvalue weighted by atomic mass is 16.2. The van der Waals surface area contributed by atoms with E-state index in [0.717, 1.165) is 31.5 Å². The number of para-hydroxylation sites is 1. The van der Waals surface area contributed by atoms with Crippen molar-refractivity contribution in [1.82, 2.24) is 0 Å². The van der Waals surface area contributed by atoms with Crippen molar-refractivity contribution in [2.75, 3.05) is 11.4 Å². The summed E-state index contributed by atoms with van der Waals surface area (Å²) in [4.78, 5) is 14.4. The van der Waals surface area contributed by atoms with Crippen LogP contribution in [0.25, 0.3) is 0 Å². The largest absolute Gasteiger partial charge is 0.318 e. The summed E-state index contributed by atoms with van der Waals surface area (Å²) >= 11 is 0. The number of carbonyl (C=O) groups excluding carboxylic acids is 1. The van der Waals surface area contributed by atoms with Gasteiger partial charge in [0.1, 0.15) is 0 Å². The van der Waals surface area contributed by atoms with Gasteiger partial charge in [-0.2, -0.15) is 0 Å². The zero-order valence-corrected chi connectivity index (χ0v) is 11.3. The topological polar surface area (TPSA) is 46.3 Å². The van der Waals surface area contributed by atoms with Gasteiger partial charge in [-0.3, -0.25) is 4.79 Å². The minimum atomic E-state index is -0.766. The summed E-state index contributed by atoms with van der Waals surface area (Å²) in [6, 6.07) is 8.17. The molecular formula is C15H22N2O. The predicted molar refractivity (Wildman–Crippen MR) is 74.6 cm³/mol. The molecule has 1 aromatic carbocycles. The minimum absolute atomic E-state index is 0.0411. The first-order chi connectivity index (χ1) is 8.56. The van der Waals surface area contributed by atoms with E-state index in [4.69, 9.17) is 5.73 Å². The molecule has 0 spiro atoms. The highest BCUT2D eigenvalue weighted by Gasteiger charge is 2.32. The van der Waals surface area contributed by atoms with Crippen molar-refractivity contribution in [2.24, 2.45) is 5.73 Å². The molecule has 3 heteroatoms. The average Bonchev–Trinajstić information content (AvgIpc) is 2.60. The highest BCUT2D eigenvalue weighted by molar-refractivity contribution is 6.00. The van der Waals surface area contributed by atoms with E-state index in [2.05, 4.69) is 6.07 Å². The molecule has 1 heterocycles. The third kappa shape index (κ3) is 2.41. The van der Waals surface area contributed by atoms with Gasteiger partial charge in [0.25, 0.3) is 0 Å².